The Hall–Kier alpha value is -2.14. The summed E-state index contributed by atoms with van der Waals surface area (Å²) in [5, 5.41) is 13.2. The lowest BCUT2D eigenvalue weighted by Crippen LogP contribution is -2.34. The molecular weight excluding hydrogens is 292 g/mol. The molecule has 5 nitrogen and oxygen atoms in total. The number of hydrogen-bond donors (Lipinski definition) is 2. The minimum atomic E-state index is -0.860. The maximum absolute atomic E-state index is 12.1. The Labute approximate surface area is 125 Å². The van der Waals surface area contributed by atoms with Gasteiger partial charge in [0.2, 0.25) is 0 Å². The van der Waals surface area contributed by atoms with E-state index >= 15 is 0 Å². The Bertz CT molecular complexity index is 741. The third kappa shape index (κ3) is 2.69. The maximum Gasteiger partial charge on any atom is 0.311 e. The molecule has 0 saturated heterocycles. The first-order valence-electron chi connectivity index (χ1n) is 6.58. The van der Waals surface area contributed by atoms with Gasteiger partial charge >= 0.3 is 5.97 Å². The third-order valence-electron chi connectivity index (χ3n) is 3.78. The first kappa shape index (κ1) is 13.8. The van der Waals surface area contributed by atoms with Crippen LogP contribution in [0.15, 0.2) is 30.3 Å². The second kappa shape index (κ2) is 5.00. The zero-order valence-electron chi connectivity index (χ0n) is 11.1. The highest BCUT2D eigenvalue weighted by molar-refractivity contribution is 6.31. The van der Waals surface area contributed by atoms with Crippen LogP contribution < -0.4 is 5.32 Å². The van der Waals surface area contributed by atoms with E-state index in [9.17, 15) is 9.59 Å². The smallest absolute Gasteiger partial charge is 0.311 e. The van der Waals surface area contributed by atoms with Crippen molar-refractivity contribution in [3.05, 3.63) is 41.0 Å². The number of carboxylic acid groups (broad SMARTS) is 1. The number of carbonyl (C=O) groups excluding carboxylic acids is 1. The Balaban J connectivity index is 1.77. The fourth-order valence-electron chi connectivity index (χ4n) is 2.17. The Morgan fingerprint density at radius 3 is 2.67 bits per heavy atom. The largest absolute Gasteiger partial charge is 0.481 e. The molecule has 2 N–H and O–H groups in total. The fraction of sp³-hybridized carbons (Fsp3) is 0.267. The molecule has 0 bridgehead atoms. The molecule has 0 aliphatic heterocycles. The number of nitrogens with one attached hydrogen (secondary N) is 1. The number of amides is 1. The molecule has 1 aromatic carbocycles. The Morgan fingerprint density at radius 1 is 1.29 bits per heavy atom. The van der Waals surface area contributed by atoms with E-state index in [2.05, 4.69) is 10.3 Å². The van der Waals surface area contributed by atoms with Gasteiger partial charge in [0.05, 0.1) is 10.9 Å². The molecule has 1 saturated carbocycles. The molecule has 1 amide bonds. The van der Waals surface area contributed by atoms with Gasteiger partial charge in [0.25, 0.3) is 5.91 Å². The second-order valence-electron chi connectivity index (χ2n) is 5.30. The lowest BCUT2D eigenvalue weighted by Gasteiger charge is -2.11. The number of fused-ring (bicyclic) bond motifs is 1. The van der Waals surface area contributed by atoms with E-state index in [0.29, 0.717) is 23.4 Å². The van der Waals surface area contributed by atoms with Gasteiger partial charge in [-0.15, -0.1) is 0 Å². The van der Waals surface area contributed by atoms with Crippen molar-refractivity contribution in [3.63, 3.8) is 0 Å². The van der Waals surface area contributed by atoms with E-state index in [0.717, 1.165) is 5.39 Å². The van der Waals surface area contributed by atoms with Gasteiger partial charge in [0.15, 0.2) is 0 Å². The van der Waals surface area contributed by atoms with Crippen LogP contribution in [-0.4, -0.2) is 28.5 Å². The molecule has 2 aromatic rings. The van der Waals surface area contributed by atoms with Crippen molar-refractivity contribution in [2.75, 3.05) is 6.54 Å². The van der Waals surface area contributed by atoms with Crippen molar-refractivity contribution in [1.82, 2.24) is 10.3 Å². The number of halogens is 1. The molecule has 0 unspecified atom stereocenters. The number of hydrogen-bond acceptors (Lipinski definition) is 3. The lowest BCUT2D eigenvalue weighted by molar-refractivity contribution is -0.143. The van der Waals surface area contributed by atoms with Crippen LogP contribution in [0.4, 0.5) is 0 Å². The number of aliphatic carboxylic acids is 1. The van der Waals surface area contributed by atoms with Crippen LogP contribution in [0.1, 0.15) is 23.3 Å². The molecule has 0 atom stereocenters. The van der Waals surface area contributed by atoms with Gasteiger partial charge in [0.1, 0.15) is 5.69 Å². The van der Waals surface area contributed by atoms with E-state index in [-0.39, 0.29) is 18.1 Å². The van der Waals surface area contributed by atoms with Gasteiger partial charge in [-0.1, -0.05) is 23.7 Å². The van der Waals surface area contributed by atoms with Gasteiger partial charge in [-0.05, 0) is 31.0 Å². The van der Waals surface area contributed by atoms with Crippen LogP contribution >= 0.6 is 11.6 Å². The van der Waals surface area contributed by atoms with Crippen molar-refractivity contribution in [2.45, 2.75) is 12.8 Å². The number of carboxylic acids is 1. The molecule has 1 heterocycles. The zero-order chi connectivity index (χ0) is 15.0. The SMILES string of the molecule is O=C(NCC1(C(=O)O)CC1)c1ccc2ccc(Cl)cc2n1. The van der Waals surface area contributed by atoms with Crippen LogP contribution in [0.5, 0.6) is 0 Å². The van der Waals surface area contributed by atoms with Crippen LogP contribution in [0.2, 0.25) is 5.02 Å². The zero-order valence-corrected chi connectivity index (χ0v) is 11.9. The molecule has 1 fully saturated rings. The summed E-state index contributed by atoms with van der Waals surface area (Å²) in [7, 11) is 0. The van der Waals surface area contributed by atoms with Gasteiger partial charge in [-0.3, -0.25) is 9.59 Å². The van der Waals surface area contributed by atoms with E-state index in [1.54, 1.807) is 24.3 Å². The number of nitrogens with zero attached hydrogens (tertiary/aromatic N) is 1. The Kier molecular flexibility index (Phi) is 3.29. The lowest BCUT2D eigenvalue weighted by atomic mass is 10.1. The molecule has 1 aliphatic carbocycles. The summed E-state index contributed by atoms with van der Waals surface area (Å²) >= 11 is 5.91. The normalized spacial score (nSPS) is 15.7. The molecule has 21 heavy (non-hydrogen) atoms. The number of carbonyl (C=O) groups is 2. The number of rotatable bonds is 4. The summed E-state index contributed by atoms with van der Waals surface area (Å²) in [6.45, 7) is 0.135. The molecule has 6 heteroatoms. The topological polar surface area (TPSA) is 79.3 Å². The minimum absolute atomic E-state index is 0.135. The van der Waals surface area contributed by atoms with Gasteiger partial charge in [0, 0.05) is 17.0 Å². The van der Waals surface area contributed by atoms with Crippen molar-refractivity contribution in [2.24, 2.45) is 5.41 Å². The van der Waals surface area contributed by atoms with Crippen molar-refractivity contribution >= 4 is 34.4 Å². The Morgan fingerprint density at radius 2 is 2.00 bits per heavy atom. The summed E-state index contributed by atoms with van der Waals surface area (Å²) in [6.07, 6.45) is 1.20. The summed E-state index contributed by atoms with van der Waals surface area (Å²) in [5.41, 5.74) is 0.107. The number of benzene rings is 1. The molecule has 3 rings (SSSR count). The van der Waals surface area contributed by atoms with Crippen LogP contribution in [0.3, 0.4) is 0 Å². The van der Waals surface area contributed by atoms with E-state index in [4.69, 9.17) is 16.7 Å². The summed E-state index contributed by atoms with van der Waals surface area (Å²) in [5.74, 6) is -1.23. The second-order valence-corrected chi connectivity index (χ2v) is 5.74. The van der Waals surface area contributed by atoms with E-state index in [1.165, 1.54) is 0 Å². The third-order valence-corrected chi connectivity index (χ3v) is 4.02. The highest BCUT2D eigenvalue weighted by atomic mass is 35.5. The summed E-state index contributed by atoms with van der Waals surface area (Å²) < 4.78 is 0. The standard InChI is InChI=1S/C15H13ClN2O3/c16-10-3-1-9-2-4-11(18-12(9)7-10)13(19)17-8-15(5-6-15)14(20)21/h1-4,7H,5-6,8H2,(H,17,19)(H,20,21). The van der Waals surface area contributed by atoms with Crippen LogP contribution in [0.25, 0.3) is 10.9 Å². The quantitative estimate of drug-likeness (QED) is 0.909. The van der Waals surface area contributed by atoms with Crippen LogP contribution in [0, 0.1) is 5.41 Å². The average Bonchev–Trinajstić information content (AvgIpc) is 3.25. The van der Waals surface area contributed by atoms with E-state index < -0.39 is 11.4 Å². The molecular formula is C15H13ClN2O3. The molecule has 1 aromatic heterocycles. The summed E-state index contributed by atoms with van der Waals surface area (Å²) in [4.78, 5) is 27.4. The monoisotopic (exact) mass is 304 g/mol. The summed E-state index contributed by atoms with van der Waals surface area (Å²) in [6, 6.07) is 8.68. The van der Waals surface area contributed by atoms with Gasteiger partial charge < -0.3 is 10.4 Å². The minimum Gasteiger partial charge on any atom is -0.481 e. The predicted octanol–water partition coefficient (Wildman–Crippen LogP) is 2.48. The molecule has 0 radical (unpaired) electrons. The molecule has 108 valence electrons. The number of pyridine rings is 1. The average molecular weight is 305 g/mol. The maximum atomic E-state index is 12.1. The van der Waals surface area contributed by atoms with Crippen LogP contribution in [-0.2, 0) is 4.79 Å². The van der Waals surface area contributed by atoms with E-state index in [1.807, 2.05) is 6.07 Å². The predicted molar refractivity (Wildman–Crippen MR) is 78.4 cm³/mol. The van der Waals surface area contributed by atoms with Crippen molar-refractivity contribution < 1.29 is 14.7 Å². The van der Waals surface area contributed by atoms with Gasteiger partial charge in [-0.25, -0.2) is 4.98 Å². The van der Waals surface area contributed by atoms with Gasteiger partial charge in [-0.2, -0.15) is 0 Å². The number of aromatic nitrogens is 1. The highest BCUT2D eigenvalue weighted by Gasteiger charge is 2.50. The molecule has 0 spiro atoms. The molecule has 1 aliphatic rings. The van der Waals surface area contributed by atoms with Crippen molar-refractivity contribution in [1.29, 1.82) is 0 Å². The first-order chi connectivity index (χ1) is 10.00. The first-order valence-corrected chi connectivity index (χ1v) is 6.96. The van der Waals surface area contributed by atoms with Crippen molar-refractivity contribution in [3.8, 4) is 0 Å². The highest BCUT2D eigenvalue weighted by Crippen LogP contribution is 2.45. The fourth-order valence-corrected chi connectivity index (χ4v) is 2.34.